The molecule has 49 heavy (non-hydrogen) atoms. The molecule has 1 aliphatic rings. The maximum absolute atomic E-state index is 11.2. The third-order valence-electron chi connectivity index (χ3n) is 11.6. The molecule has 5 heteroatoms. The molecule has 0 aliphatic carbocycles. The van der Waals surface area contributed by atoms with Crippen LogP contribution in [0.5, 0.6) is 5.75 Å². The second-order valence-corrected chi connectivity index (χ2v) is 14.9. The summed E-state index contributed by atoms with van der Waals surface area (Å²) in [6, 6.07) is 36.3. The van der Waals surface area contributed by atoms with Crippen molar-refractivity contribution in [1.82, 2.24) is 14.0 Å². The van der Waals surface area contributed by atoms with Crippen molar-refractivity contribution in [3.63, 3.8) is 0 Å². The van der Waals surface area contributed by atoms with Gasteiger partial charge in [-0.2, -0.15) is 0 Å². The number of hydrogen-bond acceptors (Lipinski definition) is 2. The van der Waals surface area contributed by atoms with Crippen molar-refractivity contribution < 1.29 is 9.67 Å². The molecule has 0 fully saturated rings. The standard InChI is InChI=1S/C44H40N4O/c1-27-13-9-14-28(2)39(27)47-26-46(35-20-7-8-21-36(35)47)30-16-10-15-29(25-30)23-24-34-41-44(5,6)43(3,4)33-19-11-18-32-31-17-12-22-37(49)38(31)42(45-34)48(41)40(32)33/h7-22,25,49H,23-24H2,1-6H3. The lowest BCUT2D eigenvalue weighted by Crippen LogP contribution is -2.44. The Labute approximate surface area is 286 Å². The molecule has 0 radical (unpaired) electrons. The van der Waals surface area contributed by atoms with Crippen LogP contribution in [-0.2, 0) is 23.7 Å². The van der Waals surface area contributed by atoms with E-state index in [0.717, 1.165) is 57.1 Å². The molecule has 1 N–H and O–H groups in total. The summed E-state index contributed by atoms with van der Waals surface area (Å²) in [6.07, 6.45) is 5.33. The van der Waals surface area contributed by atoms with Crippen molar-refractivity contribution in [2.24, 2.45) is 0 Å². The highest BCUT2D eigenvalue weighted by Gasteiger charge is 2.47. The average Bonchev–Trinajstić information content (AvgIpc) is 3.67. The van der Waals surface area contributed by atoms with E-state index in [1.165, 1.54) is 39.2 Å². The number of hydrogen-bond donors (Lipinski definition) is 1. The van der Waals surface area contributed by atoms with Crippen molar-refractivity contribution in [3.05, 3.63) is 143 Å². The average molecular weight is 641 g/mol. The van der Waals surface area contributed by atoms with E-state index >= 15 is 0 Å². The lowest BCUT2D eigenvalue weighted by Gasteiger charge is -2.46. The van der Waals surface area contributed by atoms with Gasteiger partial charge in [-0.1, -0.05) is 118 Å². The first-order valence-corrected chi connectivity index (χ1v) is 17.3. The summed E-state index contributed by atoms with van der Waals surface area (Å²) in [5.41, 5.74) is 13.6. The van der Waals surface area contributed by atoms with Crippen LogP contribution in [0.25, 0.3) is 49.7 Å². The maximum atomic E-state index is 11.2. The number of rotatable bonds is 5. The molecule has 0 unspecified atom stereocenters. The first-order chi connectivity index (χ1) is 23.6. The number of imidazole rings is 2. The first-order valence-electron chi connectivity index (χ1n) is 17.3. The van der Waals surface area contributed by atoms with Crippen molar-refractivity contribution in [1.29, 1.82) is 0 Å². The zero-order chi connectivity index (χ0) is 33.8. The Balaban J connectivity index is 1.17. The predicted octanol–water partition coefficient (Wildman–Crippen LogP) is 9.34. The second-order valence-electron chi connectivity index (χ2n) is 14.9. The van der Waals surface area contributed by atoms with Crippen LogP contribution in [0.15, 0.2) is 103 Å². The lowest BCUT2D eigenvalue weighted by atomic mass is 9.60. The zero-order valence-electron chi connectivity index (χ0n) is 29.0. The molecule has 0 spiro atoms. The van der Waals surface area contributed by atoms with Gasteiger partial charge in [-0.15, -0.1) is 0 Å². The Morgan fingerprint density at radius 3 is 2.29 bits per heavy atom. The van der Waals surface area contributed by atoms with Crippen molar-refractivity contribution >= 4 is 38.4 Å². The first kappa shape index (κ1) is 29.7. The number of benzene rings is 5. The normalized spacial score (nSPS) is 14.9. The van der Waals surface area contributed by atoms with E-state index in [4.69, 9.17) is 4.98 Å². The SMILES string of the molecule is Cc1cccc(C)c1-n1[c-][n+](-c2cccc(CCc3nc4c5c(O)cccc5c5cccc6c5n4c3C(C)(C)C6(C)C)c2)c2ccccc21. The third kappa shape index (κ3) is 4.05. The fourth-order valence-electron chi connectivity index (χ4n) is 8.49. The van der Waals surface area contributed by atoms with E-state index in [1.807, 2.05) is 6.07 Å². The number of pyridine rings is 1. The number of fused-ring (bicyclic) bond motifs is 4. The van der Waals surface area contributed by atoms with Gasteiger partial charge in [0, 0.05) is 16.2 Å². The Bertz CT molecular complexity index is 2630. The molecular formula is C44H40N4O. The number of nitrogens with zero attached hydrogens (tertiary/aromatic N) is 4. The molecular weight excluding hydrogens is 601 g/mol. The summed E-state index contributed by atoms with van der Waals surface area (Å²) >= 11 is 0. The Kier molecular flexibility index (Phi) is 6.24. The van der Waals surface area contributed by atoms with Gasteiger partial charge in [-0.25, -0.2) is 4.98 Å². The van der Waals surface area contributed by atoms with Gasteiger partial charge in [-0.05, 0) is 67.0 Å². The molecule has 0 saturated heterocycles. The van der Waals surface area contributed by atoms with E-state index in [9.17, 15) is 5.11 Å². The maximum Gasteiger partial charge on any atom is 0.269 e. The minimum Gasteiger partial charge on any atom is -0.507 e. The highest BCUT2D eigenvalue weighted by atomic mass is 16.3. The lowest BCUT2D eigenvalue weighted by molar-refractivity contribution is -0.572. The van der Waals surface area contributed by atoms with Gasteiger partial charge in [0.05, 0.1) is 44.7 Å². The molecule has 4 heterocycles. The summed E-state index contributed by atoms with van der Waals surface area (Å²) in [6.45, 7) is 13.8. The van der Waals surface area contributed by atoms with Crippen LogP contribution in [-0.4, -0.2) is 19.1 Å². The van der Waals surface area contributed by atoms with Gasteiger partial charge in [0.25, 0.3) is 6.33 Å². The highest BCUT2D eigenvalue weighted by molar-refractivity contribution is 6.15. The molecule has 1 aliphatic heterocycles. The van der Waals surface area contributed by atoms with Gasteiger partial charge >= 0.3 is 0 Å². The number of phenols is 1. The van der Waals surface area contributed by atoms with Gasteiger partial charge in [0.1, 0.15) is 11.4 Å². The number of aryl methyl sites for hydroxylation is 4. The van der Waals surface area contributed by atoms with E-state index < -0.39 is 0 Å². The van der Waals surface area contributed by atoms with Crippen LogP contribution in [0, 0.1) is 20.2 Å². The minimum absolute atomic E-state index is 0.134. The van der Waals surface area contributed by atoms with Crippen LogP contribution < -0.4 is 4.57 Å². The van der Waals surface area contributed by atoms with Crippen LogP contribution in [0.3, 0.4) is 0 Å². The van der Waals surface area contributed by atoms with E-state index in [0.29, 0.717) is 0 Å². The summed E-state index contributed by atoms with van der Waals surface area (Å²) in [5.74, 6) is 0.275. The van der Waals surface area contributed by atoms with Crippen LogP contribution in [0.1, 0.15) is 61.3 Å². The van der Waals surface area contributed by atoms with E-state index in [-0.39, 0.29) is 16.6 Å². The van der Waals surface area contributed by atoms with E-state index in [1.54, 1.807) is 6.07 Å². The fourth-order valence-corrected chi connectivity index (χ4v) is 8.49. The molecule has 0 amide bonds. The minimum atomic E-state index is -0.205. The molecule has 0 atom stereocenters. The summed E-state index contributed by atoms with van der Waals surface area (Å²) in [5, 5.41) is 14.2. The molecule has 5 aromatic carbocycles. The number of para-hydroxylation sites is 4. The Morgan fingerprint density at radius 2 is 1.47 bits per heavy atom. The summed E-state index contributed by atoms with van der Waals surface area (Å²) in [7, 11) is 0. The predicted molar refractivity (Wildman–Crippen MR) is 198 cm³/mol. The van der Waals surface area contributed by atoms with Gasteiger partial charge in [0.2, 0.25) is 0 Å². The molecule has 3 aromatic heterocycles. The van der Waals surface area contributed by atoms with Crippen LogP contribution in [0.2, 0.25) is 0 Å². The number of aromatic nitrogens is 4. The van der Waals surface area contributed by atoms with Gasteiger partial charge in [0.15, 0.2) is 0 Å². The van der Waals surface area contributed by atoms with Crippen molar-refractivity contribution in [2.75, 3.05) is 0 Å². The molecule has 0 bridgehead atoms. The number of phenolic OH excluding ortho intramolecular Hbond substituents is 1. The van der Waals surface area contributed by atoms with E-state index in [2.05, 4.69) is 152 Å². The molecule has 5 nitrogen and oxygen atoms in total. The third-order valence-corrected chi connectivity index (χ3v) is 11.6. The topological polar surface area (TPSA) is 46.3 Å². The van der Waals surface area contributed by atoms with Crippen molar-refractivity contribution in [3.8, 4) is 17.1 Å². The zero-order valence-corrected chi connectivity index (χ0v) is 29.0. The van der Waals surface area contributed by atoms with Crippen molar-refractivity contribution in [2.45, 2.75) is 65.2 Å². The van der Waals surface area contributed by atoms with Crippen LogP contribution in [0.4, 0.5) is 0 Å². The van der Waals surface area contributed by atoms with Crippen LogP contribution >= 0.6 is 0 Å². The largest absolute Gasteiger partial charge is 0.507 e. The Hall–Kier alpha value is -5.42. The Morgan fingerprint density at radius 1 is 0.755 bits per heavy atom. The number of aromatic hydroxyl groups is 1. The van der Waals surface area contributed by atoms with Gasteiger partial charge < -0.3 is 5.11 Å². The molecule has 242 valence electrons. The fraction of sp³-hybridized carbons (Fsp3) is 0.227. The summed E-state index contributed by atoms with van der Waals surface area (Å²) < 4.78 is 6.76. The highest BCUT2D eigenvalue weighted by Crippen LogP contribution is 2.52. The molecule has 8 aromatic rings. The monoisotopic (exact) mass is 640 g/mol. The second kappa shape index (κ2) is 10.3. The molecule has 0 saturated carbocycles. The quantitative estimate of drug-likeness (QED) is 0.116. The van der Waals surface area contributed by atoms with Gasteiger partial charge in [-0.3, -0.25) is 13.5 Å². The molecule has 9 rings (SSSR count). The summed E-state index contributed by atoms with van der Waals surface area (Å²) in [4.78, 5) is 5.40. The smallest absolute Gasteiger partial charge is 0.269 e.